The number of rotatable bonds is 5. The predicted octanol–water partition coefficient (Wildman–Crippen LogP) is 5.21. The summed E-state index contributed by atoms with van der Waals surface area (Å²) in [6.45, 7) is 1.74. The van der Waals surface area contributed by atoms with Gasteiger partial charge >= 0.3 is 6.18 Å². The van der Waals surface area contributed by atoms with Crippen molar-refractivity contribution in [3.8, 4) is 0 Å². The molecule has 0 bridgehead atoms. The number of amides is 1. The monoisotopic (exact) mass is 438 g/mol. The van der Waals surface area contributed by atoms with Crippen molar-refractivity contribution in [1.29, 1.82) is 0 Å². The van der Waals surface area contributed by atoms with Crippen molar-refractivity contribution in [3.05, 3.63) is 63.1 Å². The summed E-state index contributed by atoms with van der Waals surface area (Å²) in [6, 6.07) is 4.31. The third kappa shape index (κ3) is 4.65. The number of carbonyl (C=O) groups excluding carboxylic acids is 1. The van der Waals surface area contributed by atoms with E-state index in [1.54, 1.807) is 17.5 Å². The van der Waals surface area contributed by atoms with Crippen LogP contribution in [0.4, 0.5) is 18.3 Å². The Labute approximate surface area is 173 Å². The molecule has 0 saturated carbocycles. The predicted molar refractivity (Wildman–Crippen MR) is 106 cm³/mol. The Morgan fingerprint density at radius 2 is 2.03 bits per heavy atom. The molecular weight excluding hydrogens is 421 g/mol. The third-order valence-electron chi connectivity index (χ3n) is 4.74. The maximum Gasteiger partial charge on any atom is 0.416 e. The lowest BCUT2D eigenvalue weighted by Crippen LogP contribution is -2.23. The number of halogens is 3. The maximum atomic E-state index is 12.7. The Bertz CT molecular complexity index is 970. The normalized spacial score (nSPS) is 17.6. The summed E-state index contributed by atoms with van der Waals surface area (Å²) < 4.78 is 38.0. The number of nitrogens with one attached hydrogen (secondary N) is 1. The molecule has 0 unspecified atom stereocenters. The van der Waals surface area contributed by atoms with E-state index in [0.717, 1.165) is 48.8 Å². The highest BCUT2D eigenvalue weighted by atomic mass is 32.1. The number of nitrogens with zero attached hydrogens (tertiary/aromatic N) is 3. The largest absolute Gasteiger partial charge is 0.416 e. The fraction of sp³-hybridized carbons (Fsp3) is 0.316. The first-order valence-electron chi connectivity index (χ1n) is 8.96. The molecule has 3 heterocycles. The topological polar surface area (TPSA) is 58.1 Å². The van der Waals surface area contributed by atoms with Crippen molar-refractivity contribution < 1.29 is 18.0 Å². The summed E-state index contributed by atoms with van der Waals surface area (Å²) in [5, 5.41) is 8.05. The number of hydrogen-bond donors (Lipinski definition) is 1. The minimum atomic E-state index is -4.43. The summed E-state index contributed by atoms with van der Waals surface area (Å²) in [5.74, 6) is -0.481. The average Bonchev–Trinajstić information content (AvgIpc) is 3.43. The SMILES string of the molecule is O=C(Nc1nc([C@H]2CCCN2Cc2nccs2)cs1)c1ccc(C(F)(F)F)cc1. The third-order valence-corrected chi connectivity index (χ3v) is 6.28. The second-order valence-electron chi connectivity index (χ2n) is 6.66. The van der Waals surface area contributed by atoms with Gasteiger partial charge in [0, 0.05) is 22.5 Å². The Morgan fingerprint density at radius 1 is 1.24 bits per heavy atom. The van der Waals surface area contributed by atoms with E-state index in [0.29, 0.717) is 5.13 Å². The zero-order valence-corrected chi connectivity index (χ0v) is 16.8. The van der Waals surface area contributed by atoms with E-state index < -0.39 is 17.6 Å². The maximum absolute atomic E-state index is 12.7. The standard InChI is InChI=1S/C19H17F3N4OS2/c20-19(21,22)13-5-3-12(4-6-13)17(27)25-18-24-14(11-29-18)15-2-1-8-26(15)10-16-23-7-9-28-16/h3-7,9,11,15H,1-2,8,10H2,(H,24,25,27)/t15-/m1/s1. The molecule has 1 atom stereocenters. The minimum absolute atomic E-state index is 0.154. The van der Waals surface area contributed by atoms with E-state index in [4.69, 9.17) is 0 Å². The van der Waals surface area contributed by atoms with Crippen molar-refractivity contribution in [2.24, 2.45) is 0 Å². The summed E-state index contributed by atoms with van der Waals surface area (Å²) in [6.07, 6.45) is -0.573. The van der Waals surface area contributed by atoms with Crippen molar-refractivity contribution in [1.82, 2.24) is 14.9 Å². The molecular formula is C19H17F3N4OS2. The zero-order chi connectivity index (χ0) is 20.4. The number of hydrogen-bond acceptors (Lipinski definition) is 6. The van der Waals surface area contributed by atoms with Crippen LogP contribution < -0.4 is 5.32 Å². The van der Waals surface area contributed by atoms with E-state index in [-0.39, 0.29) is 11.6 Å². The Kier molecular flexibility index (Phi) is 5.66. The van der Waals surface area contributed by atoms with E-state index >= 15 is 0 Å². The van der Waals surface area contributed by atoms with Crippen molar-refractivity contribution in [2.45, 2.75) is 31.6 Å². The second kappa shape index (κ2) is 8.21. The van der Waals surface area contributed by atoms with Crippen LogP contribution in [0, 0.1) is 0 Å². The molecule has 1 aliphatic heterocycles. The summed E-state index contributed by atoms with van der Waals surface area (Å²) in [4.78, 5) is 23.5. The molecule has 0 radical (unpaired) electrons. The van der Waals surface area contributed by atoms with Crippen molar-refractivity contribution in [3.63, 3.8) is 0 Å². The highest BCUT2D eigenvalue weighted by molar-refractivity contribution is 7.14. The molecule has 29 heavy (non-hydrogen) atoms. The van der Waals surface area contributed by atoms with Gasteiger partial charge in [-0.1, -0.05) is 0 Å². The molecule has 1 aromatic carbocycles. The molecule has 10 heteroatoms. The van der Waals surface area contributed by atoms with Gasteiger partial charge in [-0.25, -0.2) is 9.97 Å². The van der Waals surface area contributed by atoms with Crippen LogP contribution in [0.5, 0.6) is 0 Å². The number of benzene rings is 1. The zero-order valence-electron chi connectivity index (χ0n) is 15.1. The van der Waals surface area contributed by atoms with Crippen LogP contribution in [0.15, 0.2) is 41.2 Å². The highest BCUT2D eigenvalue weighted by Gasteiger charge is 2.31. The molecule has 1 N–H and O–H groups in total. The number of aromatic nitrogens is 2. The van der Waals surface area contributed by atoms with Crippen LogP contribution in [0.1, 0.15) is 45.5 Å². The van der Waals surface area contributed by atoms with Gasteiger partial charge in [0.15, 0.2) is 5.13 Å². The van der Waals surface area contributed by atoms with Crippen molar-refractivity contribution in [2.75, 3.05) is 11.9 Å². The first-order chi connectivity index (χ1) is 13.9. The van der Waals surface area contributed by atoms with Crippen LogP contribution in [-0.4, -0.2) is 27.3 Å². The smallest absolute Gasteiger partial charge is 0.298 e. The van der Waals surface area contributed by atoms with Gasteiger partial charge in [-0.15, -0.1) is 22.7 Å². The lowest BCUT2D eigenvalue weighted by Gasteiger charge is -2.21. The quantitative estimate of drug-likeness (QED) is 0.594. The van der Waals surface area contributed by atoms with E-state index in [1.165, 1.54) is 23.5 Å². The summed E-state index contributed by atoms with van der Waals surface area (Å²) >= 11 is 2.94. The molecule has 1 fully saturated rings. The fourth-order valence-electron chi connectivity index (χ4n) is 3.33. The Hall–Kier alpha value is -2.30. The number of anilines is 1. The fourth-order valence-corrected chi connectivity index (χ4v) is 4.72. The summed E-state index contributed by atoms with van der Waals surface area (Å²) in [5.41, 5.74) is 0.264. The average molecular weight is 439 g/mol. The van der Waals surface area contributed by atoms with Crippen LogP contribution in [0.25, 0.3) is 0 Å². The summed E-state index contributed by atoms with van der Waals surface area (Å²) in [7, 11) is 0. The molecule has 1 aliphatic rings. The molecule has 5 nitrogen and oxygen atoms in total. The molecule has 1 amide bonds. The molecule has 4 rings (SSSR count). The van der Waals surface area contributed by atoms with Gasteiger partial charge in [-0.2, -0.15) is 13.2 Å². The first-order valence-corrected chi connectivity index (χ1v) is 10.7. The van der Waals surface area contributed by atoms with Gasteiger partial charge < -0.3 is 0 Å². The highest BCUT2D eigenvalue weighted by Crippen LogP contribution is 2.35. The molecule has 3 aromatic rings. The molecule has 0 spiro atoms. The molecule has 152 valence electrons. The number of alkyl halides is 3. The van der Waals surface area contributed by atoms with Crippen LogP contribution in [0.3, 0.4) is 0 Å². The van der Waals surface area contributed by atoms with Crippen LogP contribution in [-0.2, 0) is 12.7 Å². The molecule has 1 saturated heterocycles. The van der Waals surface area contributed by atoms with Gasteiger partial charge in [0.1, 0.15) is 5.01 Å². The molecule has 0 aliphatic carbocycles. The van der Waals surface area contributed by atoms with E-state index in [2.05, 4.69) is 20.2 Å². The Morgan fingerprint density at radius 3 is 2.72 bits per heavy atom. The van der Waals surface area contributed by atoms with Gasteiger partial charge in [0.2, 0.25) is 0 Å². The number of thiazole rings is 2. The number of likely N-dealkylation sites (tertiary alicyclic amines) is 1. The lowest BCUT2D eigenvalue weighted by molar-refractivity contribution is -0.137. The van der Waals surface area contributed by atoms with Gasteiger partial charge in [-0.3, -0.25) is 15.0 Å². The lowest BCUT2D eigenvalue weighted by atomic mass is 10.1. The second-order valence-corrected chi connectivity index (χ2v) is 8.50. The van der Waals surface area contributed by atoms with Gasteiger partial charge in [0.05, 0.1) is 23.8 Å². The molecule has 2 aromatic heterocycles. The van der Waals surface area contributed by atoms with Crippen molar-refractivity contribution >= 4 is 33.7 Å². The van der Waals surface area contributed by atoms with Gasteiger partial charge in [-0.05, 0) is 43.7 Å². The van der Waals surface area contributed by atoms with Crippen LogP contribution >= 0.6 is 22.7 Å². The first kappa shape index (κ1) is 20.0. The number of carbonyl (C=O) groups is 1. The Balaban J connectivity index is 1.41. The van der Waals surface area contributed by atoms with E-state index in [1.807, 2.05) is 10.8 Å². The van der Waals surface area contributed by atoms with E-state index in [9.17, 15) is 18.0 Å². The minimum Gasteiger partial charge on any atom is -0.298 e. The van der Waals surface area contributed by atoms with Gasteiger partial charge in [0.25, 0.3) is 5.91 Å². The van der Waals surface area contributed by atoms with Crippen LogP contribution in [0.2, 0.25) is 0 Å².